The molecule has 0 bridgehead atoms. The van der Waals surface area contributed by atoms with Gasteiger partial charge in [-0.1, -0.05) is 71.9 Å². The Balaban J connectivity index is 1.63. The average Bonchev–Trinajstić information content (AvgIpc) is 2.68. The van der Waals surface area contributed by atoms with Crippen LogP contribution in [0, 0.1) is 13.8 Å². The van der Waals surface area contributed by atoms with Crippen LogP contribution in [-0.2, 0) is 11.3 Å². The highest BCUT2D eigenvalue weighted by molar-refractivity contribution is 7.99. The number of aromatic nitrogens is 2. The second-order valence-electron chi connectivity index (χ2n) is 6.57. The molecule has 0 unspecified atom stereocenters. The van der Waals surface area contributed by atoms with Crippen LogP contribution in [0.1, 0.15) is 16.8 Å². The first kappa shape index (κ1) is 19.1. The number of nitrogens with zero attached hydrogens (tertiary/aromatic N) is 3. The Morgan fingerprint density at radius 3 is 2.41 bits per heavy atom. The molecule has 4 nitrogen and oxygen atoms in total. The molecule has 1 aromatic heterocycles. The lowest BCUT2D eigenvalue weighted by atomic mass is 10.1. The molecule has 0 aliphatic carbocycles. The Labute approximate surface area is 164 Å². The van der Waals surface area contributed by atoms with Gasteiger partial charge in [0, 0.05) is 24.8 Å². The Morgan fingerprint density at radius 1 is 1.00 bits per heavy atom. The molecular weight excluding hydrogens is 354 g/mol. The summed E-state index contributed by atoms with van der Waals surface area (Å²) in [7, 11) is 1.83. The van der Waals surface area contributed by atoms with E-state index in [4.69, 9.17) is 0 Å². The van der Waals surface area contributed by atoms with Gasteiger partial charge in [0.2, 0.25) is 5.91 Å². The SMILES string of the molecule is Cc1ccc(CN(C)C(=O)CSc2nc(C)cc(-c3ccccc3)n2)cc1. The summed E-state index contributed by atoms with van der Waals surface area (Å²) >= 11 is 1.38. The maximum atomic E-state index is 12.5. The third-order valence-corrected chi connectivity index (χ3v) is 5.03. The maximum absolute atomic E-state index is 12.5. The molecule has 27 heavy (non-hydrogen) atoms. The van der Waals surface area contributed by atoms with Crippen molar-refractivity contribution in [3.05, 3.63) is 77.5 Å². The van der Waals surface area contributed by atoms with E-state index in [1.165, 1.54) is 17.3 Å². The van der Waals surface area contributed by atoms with Gasteiger partial charge in [0.05, 0.1) is 11.4 Å². The quantitative estimate of drug-likeness (QED) is 0.468. The van der Waals surface area contributed by atoms with Crippen LogP contribution in [0.4, 0.5) is 0 Å². The monoisotopic (exact) mass is 377 g/mol. The smallest absolute Gasteiger partial charge is 0.233 e. The van der Waals surface area contributed by atoms with E-state index in [0.29, 0.717) is 17.5 Å². The van der Waals surface area contributed by atoms with Crippen molar-refractivity contribution in [3.8, 4) is 11.3 Å². The van der Waals surface area contributed by atoms with Gasteiger partial charge in [-0.05, 0) is 25.5 Å². The molecule has 1 amide bonds. The van der Waals surface area contributed by atoms with Crippen molar-refractivity contribution < 1.29 is 4.79 Å². The van der Waals surface area contributed by atoms with Crippen LogP contribution < -0.4 is 0 Å². The minimum absolute atomic E-state index is 0.0620. The average molecular weight is 378 g/mol. The molecule has 2 aromatic carbocycles. The fraction of sp³-hybridized carbons (Fsp3) is 0.227. The molecule has 3 rings (SSSR count). The summed E-state index contributed by atoms with van der Waals surface area (Å²) in [5, 5.41) is 0.630. The molecule has 0 radical (unpaired) electrons. The molecule has 0 saturated carbocycles. The standard InChI is InChI=1S/C22H23N3OS/c1-16-9-11-18(12-10-16)14-25(3)21(26)15-27-22-23-17(2)13-20(24-22)19-7-5-4-6-8-19/h4-13H,14-15H2,1-3H3. The van der Waals surface area contributed by atoms with Gasteiger partial charge in [-0.2, -0.15) is 0 Å². The molecule has 0 atom stereocenters. The Hall–Kier alpha value is -2.66. The highest BCUT2D eigenvalue weighted by Gasteiger charge is 2.12. The lowest BCUT2D eigenvalue weighted by molar-refractivity contribution is -0.127. The van der Waals surface area contributed by atoms with E-state index in [1.54, 1.807) is 4.90 Å². The summed E-state index contributed by atoms with van der Waals surface area (Å²) in [5.74, 6) is 0.381. The van der Waals surface area contributed by atoms with Crippen LogP contribution in [-0.4, -0.2) is 33.6 Å². The summed E-state index contributed by atoms with van der Waals surface area (Å²) in [6, 6.07) is 20.2. The number of aryl methyl sites for hydroxylation is 2. The minimum Gasteiger partial charge on any atom is -0.341 e. The van der Waals surface area contributed by atoms with Gasteiger partial charge in [0.25, 0.3) is 0 Å². The van der Waals surface area contributed by atoms with E-state index in [1.807, 2.05) is 50.4 Å². The minimum atomic E-state index is 0.0620. The third kappa shape index (κ3) is 5.41. The van der Waals surface area contributed by atoms with Crippen LogP contribution in [0.2, 0.25) is 0 Å². The molecule has 0 N–H and O–H groups in total. The highest BCUT2D eigenvalue weighted by atomic mass is 32.2. The van der Waals surface area contributed by atoms with E-state index in [9.17, 15) is 4.79 Å². The van der Waals surface area contributed by atoms with Gasteiger partial charge in [0.1, 0.15) is 0 Å². The summed E-state index contributed by atoms with van der Waals surface area (Å²) in [5.41, 5.74) is 5.17. The third-order valence-electron chi connectivity index (χ3n) is 4.19. The van der Waals surface area contributed by atoms with E-state index in [0.717, 1.165) is 22.5 Å². The fourth-order valence-electron chi connectivity index (χ4n) is 2.65. The number of carbonyl (C=O) groups is 1. The van der Waals surface area contributed by atoms with Crippen molar-refractivity contribution in [3.63, 3.8) is 0 Å². The van der Waals surface area contributed by atoms with Crippen molar-refractivity contribution in [2.45, 2.75) is 25.5 Å². The predicted octanol–water partition coefficient (Wildman–Crippen LogP) is 4.51. The summed E-state index contributed by atoms with van der Waals surface area (Å²) < 4.78 is 0. The summed E-state index contributed by atoms with van der Waals surface area (Å²) in [4.78, 5) is 23.3. The Morgan fingerprint density at radius 2 is 1.70 bits per heavy atom. The fourth-order valence-corrected chi connectivity index (χ4v) is 3.50. The molecule has 138 valence electrons. The van der Waals surface area contributed by atoms with Crippen LogP contribution in [0.3, 0.4) is 0 Å². The second kappa shape index (κ2) is 8.82. The molecule has 0 aliphatic rings. The maximum Gasteiger partial charge on any atom is 0.233 e. The molecule has 3 aromatic rings. The number of hydrogen-bond acceptors (Lipinski definition) is 4. The number of carbonyl (C=O) groups excluding carboxylic acids is 1. The largest absolute Gasteiger partial charge is 0.341 e. The number of thioether (sulfide) groups is 1. The van der Waals surface area contributed by atoms with E-state index < -0.39 is 0 Å². The molecule has 0 spiro atoms. The van der Waals surface area contributed by atoms with Gasteiger partial charge in [-0.15, -0.1) is 0 Å². The van der Waals surface area contributed by atoms with Crippen LogP contribution in [0.15, 0.2) is 65.8 Å². The number of rotatable bonds is 6. The summed E-state index contributed by atoms with van der Waals surface area (Å²) in [6.45, 7) is 4.61. The second-order valence-corrected chi connectivity index (χ2v) is 7.51. The van der Waals surface area contributed by atoms with Crippen molar-refractivity contribution in [2.75, 3.05) is 12.8 Å². The summed E-state index contributed by atoms with van der Waals surface area (Å²) in [6.07, 6.45) is 0. The number of amides is 1. The van der Waals surface area contributed by atoms with Gasteiger partial charge < -0.3 is 4.90 Å². The molecule has 5 heteroatoms. The van der Waals surface area contributed by atoms with Crippen molar-refractivity contribution in [1.29, 1.82) is 0 Å². The number of benzene rings is 2. The zero-order chi connectivity index (χ0) is 19.2. The molecule has 0 aliphatic heterocycles. The van der Waals surface area contributed by atoms with Crippen molar-refractivity contribution in [2.24, 2.45) is 0 Å². The van der Waals surface area contributed by atoms with Gasteiger partial charge in [0.15, 0.2) is 5.16 Å². The van der Waals surface area contributed by atoms with Gasteiger partial charge >= 0.3 is 0 Å². The molecular formula is C22H23N3OS. The first-order valence-corrected chi connectivity index (χ1v) is 9.83. The van der Waals surface area contributed by atoms with Crippen LogP contribution in [0.5, 0.6) is 0 Å². The topological polar surface area (TPSA) is 46.1 Å². The van der Waals surface area contributed by atoms with Gasteiger partial charge in [-0.3, -0.25) is 4.79 Å². The predicted molar refractivity (Wildman–Crippen MR) is 111 cm³/mol. The first-order chi connectivity index (χ1) is 13.0. The van der Waals surface area contributed by atoms with Crippen LogP contribution in [0.25, 0.3) is 11.3 Å². The number of hydrogen-bond donors (Lipinski definition) is 0. The Kier molecular flexibility index (Phi) is 6.24. The van der Waals surface area contributed by atoms with E-state index >= 15 is 0 Å². The van der Waals surface area contributed by atoms with Gasteiger partial charge in [-0.25, -0.2) is 9.97 Å². The molecule has 0 saturated heterocycles. The highest BCUT2D eigenvalue weighted by Crippen LogP contribution is 2.22. The first-order valence-electron chi connectivity index (χ1n) is 8.84. The normalized spacial score (nSPS) is 10.6. The molecule has 0 fully saturated rings. The Bertz CT molecular complexity index is 911. The van der Waals surface area contributed by atoms with E-state index in [-0.39, 0.29) is 5.91 Å². The van der Waals surface area contributed by atoms with Crippen LogP contribution >= 0.6 is 11.8 Å². The van der Waals surface area contributed by atoms with E-state index in [2.05, 4.69) is 41.2 Å². The lowest BCUT2D eigenvalue weighted by Crippen LogP contribution is -2.27. The molecule has 1 heterocycles. The zero-order valence-electron chi connectivity index (χ0n) is 15.8. The lowest BCUT2D eigenvalue weighted by Gasteiger charge is -2.17. The van der Waals surface area contributed by atoms with Crippen molar-refractivity contribution >= 4 is 17.7 Å². The van der Waals surface area contributed by atoms with Crippen molar-refractivity contribution in [1.82, 2.24) is 14.9 Å². The zero-order valence-corrected chi connectivity index (χ0v) is 16.7.